The Kier molecular flexibility index (Phi) is 29.5. The Bertz CT molecular complexity index is 807. The number of aryl methyl sites for hydroxylation is 1. The maximum atomic E-state index is 7.02. The monoisotopic (exact) mass is 707 g/mol. The van der Waals surface area contributed by atoms with Gasteiger partial charge >= 0.3 is 21.1 Å². The van der Waals surface area contributed by atoms with Crippen LogP contribution in [0, 0.1) is 38.5 Å². The molecular weight excluding hydrogens is 661 g/mol. The molecule has 0 unspecified atom stereocenters. The molecule has 0 saturated carbocycles. The van der Waals surface area contributed by atoms with Gasteiger partial charge in [-0.05, 0) is 67.5 Å². The third-order valence-corrected chi connectivity index (χ3v) is 11.8. The van der Waals surface area contributed by atoms with Crippen LogP contribution in [-0.4, -0.2) is 43.2 Å². The molecule has 4 heteroatoms. The summed E-state index contributed by atoms with van der Waals surface area (Å²) in [5.74, 6) is 4.68. The van der Waals surface area contributed by atoms with E-state index in [2.05, 4.69) is 73.5 Å². The van der Waals surface area contributed by atoms with Crippen LogP contribution >= 0.6 is 27.6 Å². The minimum absolute atomic E-state index is 0. The fourth-order valence-corrected chi connectivity index (χ4v) is 6.37. The number of thioether (sulfide) groups is 1. The van der Waals surface area contributed by atoms with E-state index in [-0.39, 0.29) is 21.1 Å². The Balaban J connectivity index is -0.000000399. The zero-order valence-corrected chi connectivity index (χ0v) is 28.3. The molecular formula is C31H46P2PtS. The van der Waals surface area contributed by atoms with Crippen LogP contribution in [0.5, 0.6) is 0 Å². The molecule has 0 aromatic heterocycles. The number of benzene rings is 2. The van der Waals surface area contributed by atoms with Crippen LogP contribution in [0.2, 0.25) is 0 Å². The summed E-state index contributed by atoms with van der Waals surface area (Å²) < 4.78 is 0. The standard InChI is InChI=1S/C11H11S.C8H5.2C6H15P.Pt/c1-5-10-6-8(2)9(3)11(7-10)12-4;1-2-8-6-4-3-5-7-8;2*1-4-7(5-2)6-3;/h6-7H,2-4H3;3-7H;2*4-6H2,1-3H3;/q2*-1;;;+2. The minimum Gasteiger partial charge on any atom is -0.366 e. The van der Waals surface area contributed by atoms with Gasteiger partial charge in [-0.1, -0.05) is 65.3 Å². The Morgan fingerprint density at radius 3 is 1.34 bits per heavy atom. The van der Waals surface area contributed by atoms with Crippen LogP contribution in [0.25, 0.3) is 0 Å². The van der Waals surface area contributed by atoms with Crippen molar-refractivity contribution in [3.63, 3.8) is 0 Å². The summed E-state index contributed by atoms with van der Waals surface area (Å²) in [6.45, 7) is 17.9. The summed E-state index contributed by atoms with van der Waals surface area (Å²) in [5.41, 5.74) is 4.23. The van der Waals surface area contributed by atoms with Gasteiger partial charge in [-0.3, -0.25) is 11.8 Å². The van der Waals surface area contributed by atoms with Crippen molar-refractivity contribution in [1.29, 1.82) is 0 Å². The van der Waals surface area contributed by atoms with Gasteiger partial charge in [0.1, 0.15) is 0 Å². The van der Waals surface area contributed by atoms with E-state index in [1.807, 2.05) is 42.5 Å². The van der Waals surface area contributed by atoms with Crippen molar-refractivity contribution in [1.82, 2.24) is 0 Å². The smallest absolute Gasteiger partial charge is 0.366 e. The molecule has 0 N–H and O–H groups in total. The Morgan fingerprint density at radius 2 is 1.09 bits per heavy atom. The molecule has 2 aromatic rings. The predicted octanol–water partition coefficient (Wildman–Crippen LogP) is 9.64. The first kappa shape index (κ1) is 39.0. The fourth-order valence-electron chi connectivity index (χ4n) is 2.97. The van der Waals surface area contributed by atoms with E-state index in [1.54, 1.807) is 11.8 Å². The molecule has 0 nitrogen and oxygen atoms in total. The molecule has 35 heavy (non-hydrogen) atoms. The van der Waals surface area contributed by atoms with Gasteiger partial charge in [0.2, 0.25) is 0 Å². The maximum Gasteiger partial charge on any atom is 2.00 e. The summed E-state index contributed by atoms with van der Waals surface area (Å²) in [6.07, 6.45) is 24.3. The van der Waals surface area contributed by atoms with Gasteiger partial charge in [-0.15, -0.1) is 63.0 Å². The number of rotatable bonds is 7. The van der Waals surface area contributed by atoms with Crippen LogP contribution in [-0.2, 0) is 21.1 Å². The maximum absolute atomic E-state index is 7.02. The Morgan fingerprint density at radius 1 is 0.686 bits per heavy atom. The second kappa shape index (κ2) is 26.5. The molecule has 0 radical (unpaired) electrons. The summed E-state index contributed by atoms with van der Waals surface area (Å²) in [4.78, 5) is 1.24. The van der Waals surface area contributed by atoms with Crippen molar-refractivity contribution >= 4 is 27.6 Å². The molecule has 0 spiro atoms. The Hall–Kier alpha value is -0.542. The predicted molar refractivity (Wildman–Crippen MR) is 164 cm³/mol. The van der Waals surface area contributed by atoms with Crippen LogP contribution in [0.4, 0.5) is 0 Å². The van der Waals surface area contributed by atoms with E-state index < -0.39 is 0 Å². The van der Waals surface area contributed by atoms with Gasteiger partial charge in [0.15, 0.2) is 0 Å². The molecule has 0 aliphatic rings. The van der Waals surface area contributed by atoms with E-state index in [1.165, 1.54) is 53.0 Å². The molecule has 0 aliphatic heterocycles. The largest absolute Gasteiger partial charge is 2.00 e. The fraction of sp³-hybridized carbons (Fsp3) is 0.484. The van der Waals surface area contributed by atoms with E-state index in [0.717, 1.165) is 11.1 Å². The summed E-state index contributed by atoms with van der Waals surface area (Å²) in [6, 6.07) is 13.4. The summed E-state index contributed by atoms with van der Waals surface area (Å²) in [7, 11) is 0.892. The van der Waals surface area contributed by atoms with Crippen LogP contribution < -0.4 is 0 Å². The molecule has 2 rings (SSSR count). The molecule has 0 bridgehead atoms. The molecule has 0 fully saturated rings. The van der Waals surface area contributed by atoms with Gasteiger partial charge in [0, 0.05) is 0 Å². The minimum atomic E-state index is 0. The first-order chi connectivity index (χ1) is 16.3. The van der Waals surface area contributed by atoms with E-state index in [9.17, 15) is 0 Å². The normalized spacial score (nSPS) is 9.17. The summed E-state index contributed by atoms with van der Waals surface area (Å²) >= 11 is 1.72. The van der Waals surface area contributed by atoms with Crippen molar-refractivity contribution < 1.29 is 21.1 Å². The van der Waals surface area contributed by atoms with E-state index >= 15 is 0 Å². The van der Waals surface area contributed by atoms with Crippen LogP contribution in [0.3, 0.4) is 0 Å². The third kappa shape index (κ3) is 19.3. The quantitative estimate of drug-likeness (QED) is 0.120. The van der Waals surface area contributed by atoms with Crippen molar-refractivity contribution in [2.75, 3.05) is 43.2 Å². The molecule has 0 amide bonds. The van der Waals surface area contributed by atoms with Gasteiger partial charge in [-0.25, -0.2) is 0 Å². The summed E-state index contributed by atoms with van der Waals surface area (Å²) in [5, 5.41) is 0. The van der Waals surface area contributed by atoms with Gasteiger partial charge in [0.05, 0.1) is 0 Å². The zero-order chi connectivity index (χ0) is 26.4. The Labute approximate surface area is 240 Å². The first-order valence-corrected chi connectivity index (χ1v) is 17.3. The van der Waals surface area contributed by atoms with Crippen molar-refractivity contribution in [2.24, 2.45) is 0 Å². The van der Waals surface area contributed by atoms with E-state index in [0.29, 0.717) is 15.8 Å². The first-order valence-electron chi connectivity index (χ1n) is 12.3. The molecule has 0 aliphatic carbocycles. The molecule has 0 atom stereocenters. The van der Waals surface area contributed by atoms with Crippen LogP contribution in [0.1, 0.15) is 63.8 Å². The second-order valence-electron chi connectivity index (χ2n) is 7.48. The topological polar surface area (TPSA) is 0 Å². The number of hydrogen-bond acceptors (Lipinski definition) is 1. The van der Waals surface area contributed by atoms with Crippen LogP contribution in [0.15, 0.2) is 47.4 Å². The van der Waals surface area contributed by atoms with Crippen molar-refractivity contribution in [2.45, 2.75) is 60.3 Å². The average molecular weight is 708 g/mol. The van der Waals surface area contributed by atoms with Gasteiger partial charge in [0.25, 0.3) is 0 Å². The molecule has 196 valence electrons. The molecule has 2 aromatic carbocycles. The zero-order valence-electron chi connectivity index (χ0n) is 23.4. The molecule has 0 heterocycles. The van der Waals surface area contributed by atoms with Crippen molar-refractivity contribution in [3.8, 4) is 11.8 Å². The third-order valence-electron chi connectivity index (χ3n) is 5.59. The van der Waals surface area contributed by atoms with Gasteiger partial charge < -0.3 is 12.8 Å². The molecule has 0 saturated heterocycles. The van der Waals surface area contributed by atoms with Gasteiger partial charge in [-0.2, -0.15) is 0 Å². The average Bonchev–Trinajstić information content (AvgIpc) is 2.89. The number of hydrogen-bond donors (Lipinski definition) is 0. The van der Waals surface area contributed by atoms with E-state index in [4.69, 9.17) is 12.8 Å². The SMILES string of the molecule is CCP(CC)CC.CCP(CC)CC.[C-]#Cc1cc(C)c(C)c(SC)c1.[C-]#Cc1ccccc1.[Pt+2]. The second-order valence-corrected chi connectivity index (χ2v) is 14.8. The van der Waals surface area contributed by atoms with Crippen molar-refractivity contribution in [3.05, 3.63) is 77.6 Å².